The minimum absolute atomic E-state index is 0.118. The van der Waals surface area contributed by atoms with E-state index in [9.17, 15) is 9.59 Å². The fourth-order valence-electron chi connectivity index (χ4n) is 1.11. The number of amides is 2. The van der Waals surface area contributed by atoms with Crippen LogP contribution < -0.4 is 16.4 Å². The van der Waals surface area contributed by atoms with Crippen molar-refractivity contribution in [3.63, 3.8) is 0 Å². The van der Waals surface area contributed by atoms with Crippen LogP contribution in [0.2, 0.25) is 0 Å². The Morgan fingerprint density at radius 2 is 1.93 bits per heavy atom. The van der Waals surface area contributed by atoms with E-state index in [1.807, 2.05) is 13.8 Å². The van der Waals surface area contributed by atoms with Crippen LogP contribution in [0.3, 0.4) is 0 Å². The predicted molar refractivity (Wildman–Crippen MR) is 54.6 cm³/mol. The van der Waals surface area contributed by atoms with Crippen molar-refractivity contribution in [2.45, 2.75) is 39.3 Å². The lowest BCUT2D eigenvalue weighted by molar-refractivity contribution is -0.124. The monoisotopic (exact) mass is 201 g/mol. The molecular weight excluding hydrogens is 182 g/mol. The molecule has 0 aliphatic carbocycles. The van der Waals surface area contributed by atoms with Crippen LogP contribution in [-0.4, -0.2) is 30.4 Å². The first-order chi connectivity index (χ1) is 6.52. The second-order valence-corrected chi connectivity index (χ2v) is 3.15. The number of rotatable bonds is 6. The summed E-state index contributed by atoms with van der Waals surface area (Å²) in [5.74, 6) is -0.546. The molecule has 0 heterocycles. The Balaban J connectivity index is 4.08. The van der Waals surface area contributed by atoms with E-state index in [-0.39, 0.29) is 5.91 Å². The Bertz CT molecular complexity index is 206. The Labute approximate surface area is 84.4 Å². The van der Waals surface area contributed by atoms with Crippen LogP contribution in [0.25, 0.3) is 0 Å². The number of likely N-dealkylation sites (N-methyl/N-ethyl adjacent to an activating group) is 1. The maximum atomic E-state index is 11.3. The number of nitrogens with one attached hydrogen (secondary N) is 2. The molecule has 2 unspecified atom stereocenters. The molecule has 0 bridgehead atoms. The van der Waals surface area contributed by atoms with Gasteiger partial charge in [0, 0.05) is 6.54 Å². The number of carbonyl (C=O) groups is 2. The van der Waals surface area contributed by atoms with E-state index in [0.717, 1.165) is 0 Å². The minimum Gasteiger partial charge on any atom is -0.368 e. The smallest absolute Gasteiger partial charge is 0.236 e. The standard InChI is InChI=1S/C9H19N3O2/c1-4-7(8(10)13)12-6(3)9(14)11-5-2/h6-7,12H,4-5H2,1-3H3,(H2,10,13)(H,11,14). The average molecular weight is 201 g/mol. The number of hydrogen-bond donors (Lipinski definition) is 3. The van der Waals surface area contributed by atoms with Crippen molar-refractivity contribution in [1.82, 2.24) is 10.6 Å². The zero-order chi connectivity index (χ0) is 11.1. The molecule has 5 heteroatoms. The maximum Gasteiger partial charge on any atom is 0.236 e. The van der Waals surface area contributed by atoms with Gasteiger partial charge in [0.15, 0.2) is 0 Å². The van der Waals surface area contributed by atoms with Crippen molar-refractivity contribution in [1.29, 1.82) is 0 Å². The summed E-state index contributed by atoms with van der Waals surface area (Å²) in [6.07, 6.45) is 0.582. The summed E-state index contributed by atoms with van der Waals surface area (Å²) in [4.78, 5) is 22.2. The predicted octanol–water partition coefficient (Wildman–Crippen LogP) is -0.635. The third-order valence-corrected chi connectivity index (χ3v) is 1.95. The van der Waals surface area contributed by atoms with Gasteiger partial charge in [-0.05, 0) is 20.3 Å². The molecule has 82 valence electrons. The highest BCUT2D eigenvalue weighted by Gasteiger charge is 2.19. The lowest BCUT2D eigenvalue weighted by atomic mass is 10.2. The second-order valence-electron chi connectivity index (χ2n) is 3.15. The van der Waals surface area contributed by atoms with E-state index in [1.54, 1.807) is 6.92 Å². The van der Waals surface area contributed by atoms with Crippen LogP contribution in [0.4, 0.5) is 0 Å². The van der Waals surface area contributed by atoms with Crippen molar-refractivity contribution in [3.8, 4) is 0 Å². The first-order valence-electron chi connectivity index (χ1n) is 4.85. The highest BCUT2D eigenvalue weighted by Crippen LogP contribution is 1.93. The molecule has 0 aliphatic rings. The van der Waals surface area contributed by atoms with E-state index in [0.29, 0.717) is 13.0 Å². The van der Waals surface area contributed by atoms with Crippen LogP contribution in [0.15, 0.2) is 0 Å². The Hall–Kier alpha value is -1.10. The van der Waals surface area contributed by atoms with E-state index < -0.39 is 18.0 Å². The molecule has 0 saturated heterocycles. The molecule has 0 aromatic rings. The highest BCUT2D eigenvalue weighted by molar-refractivity contribution is 5.84. The van der Waals surface area contributed by atoms with E-state index in [2.05, 4.69) is 10.6 Å². The molecule has 5 nitrogen and oxygen atoms in total. The summed E-state index contributed by atoms with van der Waals surface area (Å²) in [6, 6.07) is -0.833. The third-order valence-electron chi connectivity index (χ3n) is 1.95. The van der Waals surface area contributed by atoms with Gasteiger partial charge in [-0.1, -0.05) is 6.92 Å². The summed E-state index contributed by atoms with van der Waals surface area (Å²) < 4.78 is 0. The van der Waals surface area contributed by atoms with Crippen molar-refractivity contribution < 1.29 is 9.59 Å². The van der Waals surface area contributed by atoms with Gasteiger partial charge in [0.05, 0.1) is 12.1 Å². The summed E-state index contributed by atoms with van der Waals surface area (Å²) >= 11 is 0. The molecule has 0 fully saturated rings. The SMILES string of the molecule is CCNC(=O)C(C)NC(CC)C(N)=O. The van der Waals surface area contributed by atoms with Crippen molar-refractivity contribution >= 4 is 11.8 Å². The van der Waals surface area contributed by atoms with Crippen LogP contribution in [0.1, 0.15) is 27.2 Å². The van der Waals surface area contributed by atoms with E-state index in [4.69, 9.17) is 5.73 Å². The summed E-state index contributed by atoms with van der Waals surface area (Å²) in [6.45, 7) is 5.97. The van der Waals surface area contributed by atoms with Crippen LogP contribution in [0.5, 0.6) is 0 Å². The topological polar surface area (TPSA) is 84.2 Å². The quantitative estimate of drug-likeness (QED) is 0.534. The Kier molecular flexibility index (Phi) is 5.87. The lowest BCUT2D eigenvalue weighted by Gasteiger charge is -2.18. The van der Waals surface area contributed by atoms with Crippen molar-refractivity contribution in [2.75, 3.05) is 6.54 Å². The van der Waals surface area contributed by atoms with Crippen molar-refractivity contribution in [2.24, 2.45) is 5.73 Å². The summed E-state index contributed by atoms with van der Waals surface area (Å²) in [5.41, 5.74) is 5.14. The van der Waals surface area contributed by atoms with Gasteiger partial charge >= 0.3 is 0 Å². The highest BCUT2D eigenvalue weighted by atomic mass is 16.2. The van der Waals surface area contributed by atoms with Gasteiger partial charge in [0.2, 0.25) is 11.8 Å². The van der Waals surface area contributed by atoms with Crippen LogP contribution in [0, 0.1) is 0 Å². The maximum absolute atomic E-state index is 11.3. The normalized spacial score (nSPS) is 14.5. The van der Waals surface area contributed by atoms with E-state index >= 15 is 0 Å². The summed E-state index contributed by atoms with van der Waals surface area (Å²) in [7, 11) is 0. The lowest BCUT2D eigenvalue weighted by Crippen LogP contribution is -2.50. The number of hydrogen-bond acceptors (Lipinski definition) is 3. The first kappa shape index (κ1) is 12.9. The molecule has 0 aliphatic heterocycles. The molecule has 2 atom stereocenters. The van der Waals surface area contributed by atoms with Gasteiger partial charge in [-0.2, -0.15) is 0 Å². The molecule has 0 aromatic heterocycles. The van der Waals surface area contributed by atoms with Gasteiger partial charge < -0.3 is 11.1 Å². The average Bonchev–Trinajstić information content (AvgIpc) is 2.13. The molecule has 0 saturated carbocycles. The fraction of sp³-hybridized carbons (Fsp3) is 0.778. The molecule has 0 spiro atoms. The molecular formula is C9H19N3O2. The molecule has 0 radical (unpaired) electrons. The van der Waals surface area contributed by atoms with Gasteiger partial charge in [-0.15, -0.1) is 0 Å². The second kappa shape index (κ2) is 6.37. The van der Waals surface area contributed by atoms with Gasteiger partial charge in [-0.25, -0.2) is 0 Å². The number of carbonyl (C=O) groups excluding carboxylic acids is 2. The molecule has 0 rings (SSSR count). The molecule has 0 aromatic carbocycles. The molecule has 2 amide bonds. The zero-order valence-electron chi connectivity index (χ0n) is 8.96. The van der Waals surface area contributed by atoms with E-state index in [1.165, 1.54) is 0 Å². The Morgan fingerprint density at radius 1 is 1.36 bits per heavy atom. The molecule has 4 N–H and O–H groups in total. The zero-order valence-corrected chi connectivity index (χ0v) is 8.96. The first-order valence-corrected chi connectivity index (χ1v) is 4.85. The largest absolute Gasteiger partial charge is 0.368 e. The fourth-order valence-corrected chi connectivity index (χ4v) is 1.11. The third kappa shape index (κ3) is 4.23. The minimum atomic E-state index is -0.437. The van der Waals surface area contributed by atoms with Gasteiger partial charge in [0.25, 0.3) is 0 Å². The Morgan fingerprint density at radius 3 is 2.29 bits per heavy atom. The van der Waals surface area contributed by atoms with Crippen LogP contribution in [-0.2, 0) is 9.59 Å². The van der Waals surface area contributed by atoms with Gasteiger partial charge in [-0.3, -0.25) is 14.9 Å². The number of primary amides is 1. The van der Waals surface area contributed by atoms with Crippen molar-refractivity contribution in [3.05, 3.63) is 0 Å². The van der Waals surface area contributed by atoms with Gasteiger partial charge in [0.1, 0.15) is 0 Å². The molecule has 14 heavy (non-hydrogen) atoms. The number of nitrogens with two attached hydrogens (primary N) is 1. The van der Waals surface area contributed by atoms with Crippen LogP contribution >= 0.6 is 0 Å². The summed E-state index contributed by atoms with van der Waals surface area (Å²) in [5, 5.41) is 5.52.